The van der Waals surface area contributed by atoms with Gasteiger partial charge < -0.3 is 9.73 Å². The summed E-state index contributed by atoms with van der Waals surface area (Å²) in [6.07, 6.45) is 0.318. The van der Waals surface area contributed by atoms with E-state index in [2.05, 4.69) is 30.4 Å². The van der Waals surface area contributed by atoms with E-state index in [0.29, 0.717) is 18.4 Å². The molecule has 140 valence electrons. The van der Waals surface area contributed by atoms with Crippen LogP contribution in [-0.4, -0.2) is 44.2 Å². The molecule has 1 saturated carbocycles. The third-order valence-electron chi connectivity index (χ3n) is 4.67. The van der Waals surface area contributed by atoms with Gasteiger partial charge in [0.05, 0.1) is 6.54 Å². The lowest BCUT2D eigenvalue weighted by atomic mass is 10.1. The molecule has 0 bridgehead atoms. The van der Waals surface area contributed by atoms with E-state index in [4.69, 9.17) is 4.42 Å². The van der Waals surface area contributed by atoms with Crippen LogP contribution in [0, 0.1) is 0 Å². The number of halogens is 3. The van der Waals surface area contributed by atoms with Gasteiger partial charge in [-0.05, 0) is 25.7 Å². The van der Waals surface area contributed by atoms with Crippen molar-refractivity contribution in [3.05, 3.63) is 29.9 Å². The highest BCUT2D eigenvalue weighted by atomic mass is 19.4. The first-order valence-electron chi connectivity index (χ1n) is 8.68. The summed E-state index contributed by atoms with van der Waals surface area (Å²) in [6.45, 7) is 2.21. The van der Waals surface area contributed by atoms with E-state index in [-0.39, 0.29) is 11.9 Å². The first kappa shape index (κ1) is 17.2. The van der Waals surface area contributed by atoms with Crippen molar-refractivity contribution in [3.8, 4) is 0 Å². The van der Waals surface area contributed by atoms with E-state index < -0.39 is 11.9 Å². The fourth-order valence-corrected chi connectivity index (χ4v) is 3.05. The predicted molar refractivity (Wildman–Crippen MR) is 85.2 cm³/mol. The SMILES string of the molecule is FC(F)(F)c1cc(NC2CCN(Cc3nnc(C4CC4)o3)CC2)ncn1. The third-order valence-corrected chi connectivity index (χ3v) is 4.67. The molecule has 0 atom stereocenters. The van der Waals surface area contributed by atoms with E-state index in [9.17, 15) is 13.2 Å². The van der Waals surface area contributed by atoms with Crippen molar-refractivity contribution >= 4 is 5.82 Å². The highest BCUT2D eigenvalue weighted by Crippen LogP contribution is 2.39. The Kier molecular flexibility index (Phi) is 4.51. The van der Waals surface area contributed by atoms with Crippen LogP contribution < -0.4 is 5.32 Å². The molecule has 2 fully saturated rings. The van der Waals surface area contributed by atoms with Crippen molar-refractivity contribution in [1.29, 1.82) is 0 Å². The predicted octanol–water partition coefficient (Wildman–Crippen LogP) is 2.83. The number of rotatable bonds is 5. The Labute approximate surface area is 148 Å². The maximum absolute atomic E-state index is 12.7. The molecule has 2 aromatic heterocycles. The molecule has 0 aromatic carbocycles. The zero-order chi connectivity index (χ0) is 18.1. The molecule has 1 saturated heterocycles. The van der Waals surface area contributed by atoms with Gasteiger partial charge in [0.2, 0.25) is 11.8 Å². The summed E-state index contributed by atoms with van der Waals surface area (Å²) in [7, 11) is 0. The number of piperidine rings is 1. The second-order valence-corrected chi connectivity index (χ2v) is 6.79. The van der Waals surface area contributed by atoms with Crippen LogP contribution in [0.3, 0.4) is 0 Å². The molecule has 1 N–H and O–H groups in total. The highest BCUT2D eigenvalue weighted by Gasteiger charge is 2.33. The van der Waals surface area contributed by atoms with Crippen LogP contribution >= 0.6 is 0 Å². The molecule has 0 radical (unpaired) electrons. The monoisotopic (exact) mass is 368 g/mol. The van der Waals surface area contributed by atoms with Crippen molar-refractivity contribution in [1.82, 2.24) is 25.1 Å². The van der Waals surface area contributed by atoms with Gasteiger partial charge in [-0.15, -0.1) is 10.2 Å². The van der Waals surface area contributed by atoms with Gasteiger partial charge in [-0.25, -0.2) is 9.97 Å². The number of hydrogen-bond donors (Lipinski definition) is 1. The smallest absolute Gasteiger partial charge is 0.424 e. The van der Waals surface area contributed by atoms with Crippen molar-refractivity contribution in [2.75, 3.05) is 18.4 Å². The summed E-state index contributed by atoms with van der Waals surface area (Å²) in [4.78, 5) is 9.38. The lowest BCUT2D eigenvalue weighted by molar-refractivity contribution is -0.141. The van der Waals surface area contributed by atoms with E-state index in [1.807, 2.05) is 0 Å². The lowest BCUT2D eigenvalue weighted by Crippen LogP contribution is -2.38. The minimum Gasteiger partial charge on any atom is -0.424 e. The zero-order valence-electron chi connectivity index (χ0n) is 14.0. The number of anilines is 1. The third kappa shape index (κ3) is 4.12. The van der Waals surface area contributed by atoms with Crippen LogP contribution in [-0.2, 0) is 12.7 Å². The molecule has 7 nitrogen and oxygen atoms in total. The van der Waals surface area contributed by atoms with Crippen molar-refractivity contribution < 1.29 is 17.6 Å². The molecule has 0 spiro atoms. The van der Waals surface area contributed by atoms with E-state index in [0.717, 1.165) is 57.1 Å². The van der Waals surface area contributed by atoms with Gasteiger partial charge in [-0.1, -0.05) is 0 Å². The Hall–Kier alpha value is -2.23. The van der Waals surface area contributed by atoms with Gasteiger partial charge in [0.1, 0.15) is 17.8 Å². The van der Waals surface area contributed by atoms with Gasteiger partial charge in [0, 0.05) is 31.1 Å². The van der Waals surface area contributed by atoms with Crippen LogP contribution in [0.1, 0.15) is 49.1 Å². The number of nitrogens with zero attached hydrogens (tertiary/aromatic N) is 5. The topological polar surface area (TPSA) is 80.0 Å². The van der Waals surface area contributed by atoms with Crippen LogP contribution in [0.25, 0.3) is 0 Å². The summed E-state index contributed by atoms with van der Waals surface area (Å²) in [5.74, 6) is 2.02. The highest BCUT2D eigenvalue weighted by molar-refractivity contribution is 5.36. The van der Waals surface area contributed by atoms with Crippen molar-refractivity contribution in [2.45, 2.75) is 50.4 Å². The second kappa shape index (κ2) is 6.82. The van der Waals surface area contributed by atoms with Crippen molar-refractivity contribution in [3.63, 3.8) is 0 Å². The molecule has 26 heavy (non-hydrogen) atoms. The quantitative estimate of drug-likeness (QED) is 0.869. The maximum Gasteiger partial charge on any atom is 0.433 e. The number of nitrogens with one attached hydrogen (secondary N) is 1. The molecule has 1 aliphatic heterocycles. The van der Waals surface area contributed by atoms with Gasteiger partial charge in [-0.2, -0.15) is 13.2 Å². The Bertz CT molecular complexity index is 752. The largest absolute Gasteiger partial charge is 0.433 e. The maximum atomic E-state index is 12.7. The van der Waals surface area contributed by atoms with Gasteiger partial charge in [-0.3, -0.25) is 4.90 Å². The Morgan fingerprint density at radius 3 is 2.58 bits per heavy atom. The number of aromatic nitrogens is 4. The van der Waals surface area contributed by atoms with E-state index in [1.165, 1.54) is 0 Å². The molecular weight excluding hydrogens is 349 g/mol. The lowest BCUT2D eigenvalue weighted by Gasteiger charge is -2.31. The van der Waals surface area contributed by atoms with E-state index >= 15 is 0 Å². The molecule has 3 heterocycles. The molecule has 4 rings (SSSR count). The summed E-state index contributed by atoms with van der Waals surface area (Å²) >= 11 is 0. The average Bonchev–Trinajstić information content (AvgIpc) is 3.36. The van der Waals surface area contributed by atoms with Gasteiger partial charge in [0.25, 0.3) is 0 Å². The summed E-state index contributed by atoms with van der Waals surface area (Å²) in [5.41, 5.74) is -0.935. The first-order chi connectivity index (χ1) is 12.5. The normalized spacial score (nSPS) is 19.7. The molecule has 0 amide bonds. The molecular formula is C16H19F3N6O. The fourth-order valence-electron chi connectivity index (χ4n) is 3.05. The molecule has 1 aliphatic carbocycles. The number of hydrogen-bond acceptors (Lipinski definition) is 7. The standard InChI is InChI=1S/C16H19F3N6O/c17-16(18,19)12-7-13(21-9-20-12)22-11-3-5-25(6-4-11)8-14-23-24-15(26-14)10-1-2-10/h7,9-11H,1-6,8H2,(H,20,21,22). The minimum atomic E-state index is -4.47. The van der Waals surface area contributed by atoms with Gasteiger partial charge >= 0.3 is 6.18 Å². The Balaban J connectivity index is 1.28. The molecule has 10 heteroatoms. The van der Waals surface area contributed by atoms with Gasteiger partial charge in [0.15, 0.2) is 0 Å². The van der Waals surface area contributed by atoms with Crippen LogP contribution in [0.2, 0.25) is 0 Å². The Morgan fingerprint density at radius 2 is 1.88 bits per heavy atom. The second-order valence-electron chi connectivity index (χ2n) is 6.79. The summed E-state index contributed by atoms with van der Waals surface area (Å²) < 4.78 is 43.8. The van der Waals surface area contributed by atoms with Crippen LogP contribution in [0.5, 0.6) is 0 Å². The van der Waals surface area contributed by atoms with Crippen molar-refractivity contribution in [2.24, 2.45) is 0 Å². The zero-order valence-corrected chi connectivity index (χ0v) is 14.0. The summed E-state index contributed by atoms with van der Waals surface area (Å²) in [5, 5.41) is 11.3. The fraction of sp³-hybridized carbons (Fsp3) is 0.625. The number of alkyl halides is 3. The molecule has 0 unspecified atom stereocenters. The average molecular weight is 368 g/mol. The van der Waals surface area contributed by atoms with Crippen LogP contribution in [0.4, 0.5) is 19.0 Å². The minimum absolute atomic E-state index is 0.0759. The van der Waals surface area contributed by atoms with Crippen LogP contribution in [0.15, 0.2) is 16.8 Å². The summed E-state index contributed by atoms with van der Waals surface area (Å²) in [6, 6.07) is 1.02. The number of likely N-dealkylation sites (tertiary alicyclic amines) is 1. The molecule has 2 aliphatic rings. The molecule has 2 aromatic rings. The first-order valence-corrected chi connectivity index (χ1v) is 8.68. The Morgan fingerprint density at radius 1 is 1.12 bits per heavy atom. The van der Waals surface area contributed by atoms with E-state index in [1.54, 1.807) is 0 Å².